The number of carbonyl (C=O) groups is 2. The van der Waals surface area contributed by atoms with Crippen molar-refractivity contribution in [2.45, 2.75) is 81.2 Å². The number of ether oxygens (including phenoxy) is 1. The molecule has 0 unspecified atom stereocenters. The molecule has 0 radical (unpaired) electrons. The summed E-state index contributed by atoms with van der Waals surface area (Å²) in [5.41, 5.74) is 0.469. The molecule has 1 aliphatic heterocycles. The Morgan fingerprint density at radius 1 is 1.15 bits per heavy atom. The second-order valence-electron chi connectivity index (χ2n) is 7.39. The van der Waals surface area contributed by atoms with Gasteiger partial charge in [-0.3, -0.25) is 4.79 Å². The number of carbonyl (C=O) groups excluding carboxylic acids is 2. The fraction of sp³-hybridized carbons (Fsp3) is 0.650. The van der Waals surface area contributed by atoms with Gasteiger partial charge in [0.05, 0.1) is 5.56 Å². The second kappa shape index (κ2) is 8.89. The molecule has 2 heterocycles. The number of esters is 1. The van der Waals surface area contributed by atoms with E-state index in [1.165, 1.54) is 25.7 Å². The summed E-state index contributed by atoms with van der Waals surface area (Å²) in [6, 6.07) is 3.89. The lowest BCUT2D eigenvalue weighted by atomic mass is 9.97. The molecule has 0 spiro atoms. The van der Waals surface area contributed by atoms with Crippen molar-refractivity contribution >= 4 is 23.6 Å². The van der Waals surface area contributed by atoms with Gasteiger partial charge in [-0.1, -0.05) is 12.8 Å². The Hall–Kier alpha value is -1.56. The van der Waals surface area contributed by atoms with Crippen LogP contribution in [0.1, 0.15) is 69.2 Å². The van der Waals surface area contributed by atoms with E-state index in [2.05, 4.69) is 18.8 Å². The van der Waals surface area contributed by atoms with Crippen molar-refractivity contribution in [1.29, 1.82) is 0 Å². The van der Waals surface area contributed by atoms with Crippen LogP contribution in [-0.4, -0.2) is 45.7 Å². The number of piperidine rings is 1. The molecule has 1 amide bonds. The molecule has 5 nitrogen and oxygen atoms in total. The molecule has 3 rings (SSSR count). The van der Waals surface area contributed by atoms with Crippen LogP contribution in [-0.2, 0) is 9.53 Å². The fourth-order valence-electron chi connectivity index (χ4n) is 4.00. The van der Waals surface area contributed by atoms with Crippen LogP contribution < -0.4 is 0 Å². The predicted molar refractivity (Wildman–Crippen MR) is 102 cm³/mol. The maximum atomic E-state index is 12.5. The number of likely N-dealkylation sites (tertiary alicyclic amines) is 1. The standard InChI is InChI=1S/C20H28N2O3S/c1-14-7-5-8-15(2)22(14)18(23)13-25-20(24)17-11-6-12-21-19(17)26-16-9-3-4-10-16/h6,11-12,14-16H,3-5,7-10,13H2,1-2H3/t14-,15-/m0/s1. The highest BCUT2D eigenvalue weighted by Crippen LogP contribution is 2.35. The average molecular weight is 377 g/mol. The number of aromatic nitrogens is 1. The van der Waals surface area contributed by atoms with Gasteiger partial charge in [-0.2, -0.15) is 0 Å². The first-order valence-corrected chi connectivity index (χ1v) is 10.5. The van der Waals surface area contributed by atoms with E-state index in [1.807, 2.05) is 4.90 Å². The molecule has 1 saturated heterocycles. The summed E-state index contributed by atoms with van der Waals surface area (Å²) >= 11 is 1.66. The highest BCUT2D eigenvalue weighted by Gasteiger charge is 2.30. The Morgan fingerprint density at radius 3 is 2.54 bits per heavy atom. The van der Waals surface area contributed by atoms with Gasteiger partial charge in [-0.15, -0.1) is 11.8 Å². The van der Waals surface area contributed by atoms with E-state index >= 15 is 0 Å². The fourth-order valence-corrected chi connectivity index (χ4v) is 5.28. The summed E-state index contributed by atoms with van der Waals surface area (Å²) in [6.07, 6.45) is 9.68. The molecule has 26 heavy (non-hydrogen) atoms. The van der Waals surface area contributed by atoms with Crippen molar-refractivity contribution < 1.29 is 14.3 Å². The molecular weight excluding hydrogens is 348 g/mol. The first kappa shape index (κ1) is 19.2. The highest BCUT2D eigenvalue weighted by molar-refractivity contribution is 7.99. The molecular formula is C20H28N2O3S. The normalized spacial score (nSPS) is 23.8. The third kappa shape index (κ3) is 4.58. The van der Waals surface area contributed by atoms with Crippen molar-refractivity contribution in [3.05, 3.63) is 23.9 Å². The zero-order valence-electron chi connectivity index (χ0n) is 15.6. The summed E-state index contributed by atoms with van der Waals surface area (Å²) < 4.78 is 5.36. The molecule has 142 valence electrons. The SMILES string of the molecule is C[C@H]1CCC[C@H](C)N1C(=O)COC(=O)c1cccnc1SC1CCCC1. The molecule has 1 aliphatic carbocycles. The van der Waals surface area contributed by atoms with Crippen molar-refractivity contribution in [1.82, 2.24) is 9.88 Å². The number of amides is 1. The summed E-state index contributed by atoms with van der Waals surface area (Å²) in [5, 5.41) is 1.24. The van der Waals surface area contributed by atoms with Gasteiger partial charge in [0.15, 0.2) is 6.61 Å². The Labute approximate surface area is 159 Å². The van der Waals surface area contributed by atoms with Crippen LogP contribution in [0.15, 0.2) is 23.4 Å². The van der Waals surface area contributed by atoms with E-state index in [-0.39, 0.29) is 24.6 Å². The molecule has 0 N–H and O–H groups in total. The van der Waals surface area contributed by atoms with E-state index in [0.29, 0.717) is 10.8 Å². The maximum absolute atomic E-state index is 12.5. The predicted octanol–water partition coefficient (Wildman–Crippen LogP) is 4.06. The van der Waals surface area contributed by atoms with Crippen LogP contribution in [0.5, 0.6) is 0 Å². The molecule has 6 heteroatoms. The van der Waals surface area contributed by atoms with Gasteiger partial charge in [0.2, 0.25) is 0 Å². The van der Waals surface area contributed by atoms with Crippen molar-refractivity contribution in [3.8, 4) is 0 Å². The Bertz CT molecular complexity index is 636. The van der Waals surface area contributed by atoms with Crippen LogP contribution in [0.2, 0.25) is 0 Å². The zero-order chi connectivity index (χ0) is 18.5. The van der Waals surface area contributed by atoms with Crippen LogP contribution in [0, 0.1) is 0 Å². The molecule has 2 fully saturated rings. The van der Waals surface area contributed by atoms with Gasteiger partial charge >= 0.3 is 5.97 Å². The summed E-state index contributed by atoms with van der Waals surface area (Å²) in [4.78, 5) is 31.3. The number of pyridine rings is 1. The largest absolute Gasteiger partial charge is 0.452 e. The van der Waals surface area contributed by atoms with E-state index in [9.17, 15) is 9.59 Å². The lowest BCUT2D eigenvalue weighted by molar-refractivity contribution is -0.140. The lowest BCUT2D eigenvalue weighted by Gasteiger charge is -2.38. The third-order valence-corrected chi connectivity index (χ3v) is 6.73. The summed E-state index contributed by atoms with van der Waals surface area (Å²) in [5.74, 6) is -0.559. The minimum absolute atomic E-state index is 0.105. The quantitative estimate of drug-likeness (QED) is 0.725. The van der Waals surface area contributed by atoms with Gasteiger partial charge in [0, 0.05) is 23.5 Å². The molecule has 2 aliphatic rings. The number of rotatable bonds is 5. The Morgan fingerprint density at radius 2 is 1.85 bits per heavy atom. The van der Waals surface area contributed by atoms with Crippen LogP contribution in [0.25, 0.3) is 0 Å². The monoisotopic (exact) mass is 376 g/mol. The minimum atomic E-state index is -0.454. The summed E-state index contributed by atoms with van der Waals surface area (Å²) in [6.45, 7) is 3.93. The van der Waals surface area contributed by atoms with Crippen molar-refractivity contribution in [3.63, 3.8) is 0 Å². The third-order valence-electron chi connectivity index (χ3n) is 5.38. The number of hydrogen-bond donors (Lipinski definition) is 0. The van der Waals surface area contributed by atoms with E-state index in [1.54, 1.807) is 30.1 Å². The first-order chi connectivity index (χ1) is 12.6. The first-order valence-electron chi connectivity index (χ1n) is 9.66. The zero-order valence-corrected chi connectivity index (χ0v) is 16.5. The Kier molecular flexibility index (Phi) is 6.57. The number of hydrogen-bond acceptors (Lipinski definition) is 5. The minimum Gasteiger partial charge on any atom is -0.452 e. The maximum Gasteiger partial charge on any atom is 0.341 e. The topological polar surface area (TPSA) is 59.5 Å². The van der Waals surface area contributed by atoms with E-state index in [0.717, 1.165) is 24.3 Å². The molecule has 2 atom stereocenters. The molecule has 1 aromatic heterocycles. The lowest BCUT2D eigenvalue weighted by Crippen LogP contribution is -2.49. The van der Waals surface area contributed by atoms with Gasteiger partial charge in [0.1, 0.15) is 5.03 Å². The highest BCUT2D eigenvalue weighted by atomic mass is 32.2. The van der Waals surface area contributed by atoms with E-state index < -0.39 is 5.97 Å². The van der Waals surface area contributed by atoms with Crippen LogP contribution >= 0.6 is 11.8 Å². The van der Waals surface area contributed by atoms with Gasteiger partial charge in [0.25, 0.3) is 5.91 Å². The smallest absolute Gasteiger partial charge is 0.341 e. The molecule has 0 bridgehead atoms. The van der Waals surface area contributed by atoms with Gasteiger partial charge < -0.3 is 9.64 Å². The van der Waals surface area contributed by atoms with Gasteiger partial charge in [-0.25, -0.2) is 9.78 Å². The number of nitrogens with zero attached hydrogens (tertiary/aromatic N) is 2. The summed E-state index contributed by atoms with van der Waals surface area (Å²) in [7, 11) is 0. The molecule has 1 saturated carbocycles. The molecule has 1 aromatic rings. The van der Waals surface area contributed by atoms with Crippen molar-refractivity contribution in [2.24, 2.45) is 0 Å². The average Bonchev–Trinajstić information content (AvgIpc) is 3.13. The molecule has 0 aromatic carbocycles. The Balaban J connectivity index is 1.60. The second-order valence-corrected chi connectivity index (χ2v) is 8.68. The van der Waals surface area contributed by atoms with Crippen LogP contribution in [0.4, 0.5) is 0 Å². The number of thioether (sulfide) groups is 1. The van der Waals surface area contributed by atoms with E-state index in [4.69, 9.17) is 4.74 Å². The van der Waals surface area contributed by atoms with Crippen molar-refractivity contribution in [2.75, 3.05) is 6.61 Å². The van der Waals surface area contributed by atoms with Crippen LogP contribution in [0.3, 0.4) is 0 Å². The van der Waals surface area contributed by atoms with Gasteiger partial charge in [-0.05, 0) is 58.1 Å².